The van der Waals surface area contributed by atoms with Crippen LogP contribution in [0.5, 0.6) is 0 Å². The second-order valence-electron chi connectivity index (χ2n) is 5.14. The molecule has 0 radical (unpaired) electrons. The summed E-state index contributed by atoms with van der Waals surface area (Å²) < 4.78 is 28.6. The van der Waals surface area contributed by atoms with E-state index in [0.717, 1.165) is 4.47 Å². The van der Waals surface area contributed by atoms with E-state index in [-0.39, 0.29) is 17.5 Å². The maximum atomic E-state index is 12.0. The Morgan fingerprint density at radius 3 is 2.50 bits per heavy atom. The predicted molar refractivity (Wildman–Crippen MR) is 84.3 cm³/mol. The van der Waals surface area contributed by atoms with Gasteiger partial charge < -0.3 is 9.64 Å². The largest absolute Gasteiger partial charge is 0.452 e. The smallest absolute Gasteiger partial charge is 0.338 e. The molecular weight excluding hydrogens is 374 g/mol. The highest BCUT2D eigenvalue weighted by molar-refractivity contribution is 9.10. The van der Waals surface area contributed by atoms with Crippen molar-refractivity contribution in [3.8, 4) is 0 Å². The zero-order valence-corrected chi connectivity index (χ0v) is 14.4. The highest BCUT2D eigenvalue weighted by Crippen LogP contribution is 2.17. The van der Waals surface area contributed by atoms with Crippen molar-refractivity contribution in [3.63, 3.8) is 0 Å². The van der Waals surface area contributed by atoms with Gasteiger partial charge in [0.05, 0.1) is 17.1 Å². The number of benzene rings is 1. The average Bonchev–Trinajstić information content (AvgIpc) is 2.84. The molecule has 1 fully saturated rings. The number of sulfone groups is 1. The van der Waals surface area contributed by atoms with Crippen LogP contribution < -0.4 is 0 Å². The minimum Gasteiger partial charge on any atom is -0.452 e. The highest BCUT2D eigenvalue weighted by Gasteiger charge is 2.32. The molecule has 1 amide bonds. The number of hydrogen-bond donors (Lipinski definition) is 0. The van der Waals surface area contributed by atoms with E-state index in [2.05, 4.69) is 15.9 Å². The summed E-state index contributed by atoms with van der Waals surface area (Å²) in [5.41, 5.74) is 0.349. The lowest BCUT2D eigenvalue weighted by atomic mass is 10.2. The Morgan fingerprint density at radius 1 is 1.32 bits per heavy atom. The summed E-state index contributed by atoms with van der Waals surface area (Å²) in [6, 6.07) is 6.24. The summed E-state index contributed by atoms with van der Waals surface area (Å²) in [6.07, 6.45) is 0.422. The van der Waals surface area contributed by atoms with Crippen LogP contribution in [0.15, 0.2) is 28.7 Å². The molecule has 0 N–H and O–H groups in total. The standard InChI is InChI=1S/C14H16BrNO5S/c1-16(12-6-7-22(19,20)9-12)13(17)8-21-14(18)10-2-4-11(15)5-3-10/h2-5,12H,6-9H2,1H3/t12-/m1/s1. The van der Waals surface area contributed by atoms with Gasteiger partial charge in [-0.2, -0.15) is 0 Å². The number of amides is 1. The van der Waals surface area contributed by atoms with E-state index in [1.54, 1.807) is 24.3 Å². The van der Waals surface area contributed by atoms with Crippen molar-refractivity contribution in [2.24, 2.45) is 0 Å². The molecule has 0 bridgehead atoms. The lowest BCUT2D eigenvalue weighted by Crippen LogP contribution is -2.40. The quantitative estimate of drug-likeness (QED) is 0.723. The molecule has 0 aromatic heterocycles. The van der Waals surface area contributed by atoms with E-state index in [0.29, 0.717) is 12.0 Å². The SMILES string of the molecule is CN(C(=O)COC(=O)c1ccc(Br)cc1)[C@@H]1CCS(=O)(=O)C1. The van der Waals surface area contributed by atoms with Gasteiger partial charge in [0.25, 0.3) is 5.91 Å². The Kier molecular flexibility index (Phi) is 5.23. The van der Waals surface area contributed by atoms with E-state index in [1.165, 1.54) is 11.9 Å². The molecule has 0 unspecified atom stereocenters. The van der Waals surface area contributed by atoms with Gasteiger partial charge >= 0.3 is 5.97 Å². The third kappa shape index (κ3) is 4.30. The first kappa shape index (κ1) is 17.0. The number of carbonyl (C=O) groups excluding carboxylic acids is 2. The van der Waals surface area contributed by atoms with Crippen molar-refractivity contribution < 1.29 is 22.7 Å². The van der Waals surface area contributed by atoms with E-state index in [9.17, 15) is 18.0 Å². The maximum absolute atomic E-state index is 12.0. The number of nitrogens with zero attached hydrogens (tertiary/aromatic N) is 1. The van der Waals surface area contributed by atoms with Gasteiger partial charge in [0.2, 0.25) is 0 Å². The third-order valence-electron chi connectivity index (χ3n) is 3.56. The summed E-state index contributed by atoms with van der Waals surface area (Å²) >= 11 is 3.26. The summed E-state index contributed by atoms with van der Waals surface area (Å²) in [5.74, 6) is -0.940. The number of hydrogen-bond acceptors (Lipinski definition) is 5. The fraction of sp³-hybridized carbons (Fsp3) is 0.429. The molecule has 6 nitrogen and oxygen atoms in total. The molecule has 1 saturated heterocycles. The molecule has 8 heteroatoms. The van der Waals surface area contributed by atoms with Crippen LogP contribution in [0, 0.1) is 0 Å². The second kappa shape index (κ2) is 6.78. The monoisotopic (exact) mass is 389 g/mol. The van der Waals surface area contributed by atoms with Crippen molar-refractivity contribution in [3.05, 3.63) is 34.3 Å². The van der Waals surface area contributed by atoms with Gasteiger partial charge in [0.15, 0.2) is 16.4 Å². The number of likely N-dealkylation sites (N-methyl/N-ethyl adjacent to an activating group) is 1. The Bertz CT molecular complexity index is 671. The first-order valence-corrected chi connectivity index (χ1v) is 9.29. The Morgan fingerprint density at radius 2 is 1.95 bits per heavy atom. The van der Waals surface area contributed by atoms with Crippen LogP contribution in [-0.4, -0.2) is 56.4 Å². The van der Waals surface area contributed by atoms with Crippen molar-refractivity contribution >= 4 is 37.6 Å². The van der Waals surface area contributed by atoms with Crippen molar-refractivity contribution in [1.29, 1.82) is 0 Å². The molecule has 22 heavy (non-hydrogen) atoms. The average molecular weight is 390 g/mol. The minimum absolute atomic E-state index is 0.0318. The van der Waals surface area contributed by atoms with Crippen LogP contribution in [0.1, 0.15) is 16.8 Å². The van der Waals surface area contributed by atoms with Crippen molar-refractivity contribution in [2.45, 2.75) is 12.5 Å². The summed E-state index contributed by atoms with van der Waals surface area (Å²) in [6.45, 7) is -0.401. The van der Waals surface area contributed by atoms with Crippen molar-refractivity contribution in [2.75, 3.05) is 25.2 Å². The van der Waals surface area contributed by atoms with Crippen LogP contribution >= 0.6 is 15.9 Å². The van der Waals surface area contributed by atoms with Crippen LogP contribution in [0.25, 0.3) is 0 Å². The molecule has 1 atom stereocenters. The Hall–Kier alpha value is -1.41. The molecule has 0 saturated carbocycles. The van der Waals surface area contributed by atoms with E-state index >= 15 is 0 Å². The number of rotatable bonds is 4. The number of carbonyl (C=O) groups is 2. The fourth-order valence-corrected chi connectivity index (χ4v) is 4.22. The lowest BCUT2D eigenvalue weighted by molar-refractivity contribution is -0.134. The molecule has 2 rings (SSSR count). The topological polar surface area (TPSA) is 80.8 Å². The van der Waals surface area contributed by atoms with Gasteiger partial charge in [0.1, 0.15) is 0 Å². The van der Waals surface area contributed by atoms with E-state index < -0.39 is 28.3 Å². The second-order valence-corrected chi connectivity index (χ2v) is 8.29. The molecule has 1 aromatic rings. The Labute approximate surface area is 137 Å². The van der Waals surface area contributed by atoms with E-state index in [4.69, 9.17) is 4.74 Å². The molecule has 0 spiro atoms. The lowest BCUT2D eigenvalue weighted by Gasteiger charge is -2.23. The van der Waals surface area contributed by atoms with Gasteiger partial charge in [-0.05, 0) is 30.7 Å². The van der Waals surface area contributed by atoms with Crippen LogP contribution in [-0.2, 0) is 19.4 Å². The van der Waals surface area contributed by atoms with Crippen LogP contribution in [0.4, 0.5) is 0 Å². The summed E-state index contributed by atoms with van der Waals surface area (Å²) in [5, 5.41) is 0. The number of esters is 1. The first-order chi connectivity index (χ1) is 10.3. The minimum atomic E-state index is -3.06. The van der Waals surface area contributed by atoms with E-state index in [1.807, 2.05) is 0 Å². The molecule has 1 aliphatic rings. The van der Waals surface area contributed by atoms with Gasteiger partial charge in [0, 0.05) is 17.6 Å². The third-order valence-corrected chi connectivity index (χ3v) is 5.84. The molecule has 1 aliphatic heterocycles. The van der Waals surface area contributed by atoms with Crippen LogP contribution in [0.3, 0.4) is 0 Å². The zero-order valence-electron chi connectivity index (χ0n) is 12.0. The van der Waals surface area contributed by atoms with Gasteiger partial charge in [-0.3, -0.25) is 4.79 Å². The normalized spacial score (nSPS) is 19.6. The Balaban J connectivity index is 1.87. The molecular formula is C14H16BrNO5S. The van der Waals surface area contributed by atoms with Crippen molar-refractivity contribution in [1.82, 2.24) is 4.90 Å². The van der Waals surface area contributed by atoms with Gasteiger partial charge in [-0.1, -0.05) is 15.9 Å². The fourth-order valence-electron chi connectivity index (χ4n) is 2.18. The summed E-state index contributed by atoms with van der Waals surface area (Å²) in [4.78, 5) is 25.1. The molecule has 120 valence electrons. The highest BCUT2D eigenvalue weighted by atomic mass is 79.9. The molecule has 1 aromatic carbocycles. The van der Waals surface area contributed by atoms with Gasteiger partial charge in [-0.25, -0.2) is 13.2 Å². The van der Waals surface area contributed by atoms with Crippen LogP contribution in [0.2, 0.25) is 0 Å². The number of halogens is 1. The maximum Gasteiger partial charge on any atom is 0.338 e. The number of ether oxygens (including phenoxy) is 1. The zero-order chi connectivity index (χ0) is 16.3. The predicted octanol–water partition coefficient (Wildman–Crippen LogP) is 1.25. The molecule has 1 heterocycles. The first-order valence-electron chi connectivity index (χ1n) is 6.67. The molecule has 0 aliphatic carbocycles. The summed E-state index contributed by atoms with van der Waals surface area (Å²) in [7, 11) is -1.53. The van der Waals surface area contributed by atoms with Gasteiger partial charge in [-0.15, -0.1) is 0 Å².